The number of halogens is 1. The van der Waals surface area contributed by atoms with Crippen molar-refractivity contribution in [3.63, 3.8) is 0 Å². The minimum atomic E-state index is 0. The van der Waals surface area contributed by atoms with E-state index >= 15 is 0 Å². The van der Waals surface area contributed by atoms with E-state index in [1.807, 2.05) is 13.1 Å². The molecule has 136 valence electrons. The maximum atomic E-state index is 4.43. The van der Waals surface area contributed by atoms with Crippen LogP contribution in [0, 0.1) is 5.41 Å². The van der Waals surface area contributed by atoms with E-state index in [1.165, 1.54) is 12.8 Å². The summed E-state index contributed by atoms with van der Waals surface area (Å²) < 4.78 is 0. The molecule has 1 fully saturated rings. The van der Waals surface area contributed by atoms with Crippen molar-refractivity contribution < 1.29 is 0 Å². The van der Waals surface area contributed by atoms with Gasteiger partial charge in [0, 0.05) is 52.2 Å². The van der Waals surface area contributed by atoms with Crippen LogP contribution in [0.15, 0.2) is 23.5 Å². The average molecular weight is 446 g/mol. The van der Waals surface area contributed by atoms with Crippen LogP contribution < -0.4 is 10.2 Å². The smallest absolute Gasteiger partial charge is 0.225 e. The number of aliphatic imine (C=N–C) groups is 1. The Morgan fingerprint density at radius 3 is 2.33 bits per heavy atom. The quantitative estimate of drug-likeness (QED) is 0.334. The van der Waals surface area contributed by atoms with Crippen molar-refractivity contribution >= 4 is 35.9 Å². The number of guanidine groups is 1. The van der Waals surface area contributed by atoms with Gasteiger partial charge in [0.1, 0.15) is 0 Å². The molecule has 1 saturated heterocycles. The lowest BCUT2D eigenvalue weighted by Gasteiger charge is -2.36. The maximum absolute atomic E-state index is 4.43. The van der Waals surface area contributed by atoms with Gasteiger partial charge in [-0.15, -0.1) is 24.0 Å². The Kier molecular flexibility index (Phi) is 8.72. The summed E-state index contributed by atoms with van der Waals surface area (Å²) in [5, 5.41) is 3.49. The molecule has 0 unspecified atom stereocenters. The lowest BCUT2D eigenvalue weighted by Crippen LogP contribution is -2.53. The van der Waals surface area contributed by atoms with Gasteiger partial charge in [0.25, 0.3) is 0 Å². The van der Waals surface area contributed by atoms with E-state index in [-0.39, 0.29) is 24.0 Å². The third kappa shape index (κ3) is 6.78. The molecule has 2 rings (SSSR count). The number of nitrogens with zero attached hydrogens (tertiary/aromatic N) is 5. The van der Waals surface area contributed by atoms with Crippen molar-refractivity contribution in [3.8, 4) is 0 Å². The molecule has 0 bridgehead atoms. The van der Waals surface area contributed by atoms with Crippen LogP contribution in [0.1, 0.15) is 33.6 Å². The molecule has 7 heteroatoms. The van der Waals surface area contributed by atoms with Gasteiger partial charge >= 0.3 is 0 Å². The summed E-state index contributed by atoms with van der Waals surface area (Å²) in [5.41, 5.74) is 0.395. The minimum Gasteiger partial charge on any atom is -0.356 e. The predicted octanol–water partition coefficient (Wildman–Crippen LogP) is 2.62. The molecule has 6 nitrogen and oxygen atoms in total. The Morgan fingerprint density at radius 2 is 1.79 bits per heavy atom. The SMILES string of the molecule is CN=C(NCCCC(C)(C)C)N1CCN(c2ncccn2)CC1.I. The van der Waals surface area contributed by atoms with E-state index in [2.05, 4.69) is 50.8 Å². The first-order valence-electron chi connectivity index (χ1n) is 8.47. The maximum Gasteiger partial charge on any atom is 0.225 e. The molecule has 0 aromatic carbocycles. The predicted molar refractivity (Wildman–Crippen MR) is 111 cm³/mol. The Hall–Kier alpha value is -1.12. The van der Waals surface area contributed by atoms with Crippen LogP contribution in [0.2, 0.25) is 0 Å². The van der Waals surface area contributed by atoms with Crippen LogP contribution in [-0.4, -0.2) is 60.6 Å². The molecule has 2 heterocycles. The highest BCUT2D eigenvalue weighted by atomic mass is 127. The van der Waals surface area contributed by atoms with E-state index in [4.69, 9.17) is 0 Å². The topological polar surface area (TPSA) is 56.7 Å². The van der Waals surface area contributed by atoms with Crippen molar-refractivity contribution in [3.05, 3.63) is 18.5 Å². The molecule has 1 aromatic heterocycles. The van der Waals surface area contributed by atoms with Gasteiger partial charge in [0.05, 0.1) is 0 Å². The molecule has 0 amide bonds. The second-order valence-corrected chi connectivity index (χ2v) is 7.16. The van der Waals surface area contributed by atoms with Gasteiger partial charge in [-0.1, -0.05) is 20.8 Å². The molecule has 1 N–H and O–H groups in total. The normalized spacial score (nSPS) is 15.9. The molecule has 0 radical (unpaired) electrons. The van der Waals surface area contributed by atoms with Crippen LogP contribution in [0.3, 0.4) is 0 Å². The van der Waals surface area contributed by atoms with E-state index in [0.29, 0.717) is 5.41 Å². The molecular formula is C17H31IN6. The van der Waals surface area contributed by atoms with E-state index in [1.54, 1.807) is 12.4 Å². The van der Waals surface area contributed by atoms with E-state index < -0.39 is 0 Å². The zero-order valence-corrected chi connectivity index (χ0v) is 17.7. The van der Waals surface area contributed by atoms with Gasteiger partial charge in [-0.05, 0) is 24.3 Å². The van der Waals surface area contributed by atoms with Gasteiger partial charge in [-0.2, -0.15) is 0 Å². The highest BCUT2D eigenvalue weighted by molar-refractivity contribution is 14.0. The second-order valence-electron chi connectivity index (χ2n) is 7.16. The fourth-order valence-electron chi connectivity index (χ4n) is 2.72. The summed E-state index contributed by atoms with van der Waals surface area (Å²) in [7, 11) is 1.86. The summed E-state index contributed by atoms with van der Waals surface area (Å²) in [6.07, 6.45) is 5.98. The van der Waals surface area contributed by atoms with E-state index in [0.717, 1.165) is 44.6 Å². The first kappa shape index (κ1) is 20.9. The summed E-state index contributed by atoms with van der Waals surface area (Å²) in [4.78, 5) is 17.6. The number of hydrogen-bond acceptors (Lipinski definition) is 4. The van der Waals surface area contributed by atoms with Crippen molar-refractivity contribution in [1.82, 2.24) is 20.2 Å². The van der Waals surface area contributed by atoms with Gasteiger partial charge in [-0.3, -0.25) is 4.99 Å². The van der Waals surface area contributed by atoms with Crippen molar-refractivity contribution in [2.75, 3.05) is 44.7 Å². The van der Waals surface area contributed by atoms with E-state index in [9.17, 15) is 0 Å². The second kappa shape index (κ2) is 10.0. The Balaban J connectivity index is 0.00000288. The van der Waals surface area contributed by atoms with Crippen LogP contribution >= 0.6 is 24.0 Å². The molecule has 0 atom stereocenters. The number of piperazine rings is 1. The lowest BCUT2D eigenvalue weighted by atomic mass is 9.91. The molecule has 24 heavy (non-hydrogen) atoms. The number of nitrogens with one attached hydrogen (secondary N) is 1. The van der Waals surface area contributed by atoms with Crippen molar-refractivity contribution in [1.29, 1.82) is 0 Å². The third-order valence-electron chi connectivity index (χ3n) is 4.01. The Labute approximate surface area is 163 Å². The Morgan fingerprint density at radius 1 is 1.17 bits per heavy atom. The summed E-state index contributed by atoms with van der Waals surface area (Å²) in [5.74, 6) is 1.83. The van der Waals surface area contributed by atoms with Gasteiger partial charge in [0.15, 0.2) is 5.96 Å². The lowest BCUT2D eigenvalue weighted by molar-refractivity contribution is 0.353. The average Bonchev–Trinajstić information content (AvgIpc) is 2.55. The third-order valence-corrected chi connectivity index (χ3v) is 4.01. The molecule has 0 saturated carbocycles. The number of rotatable bonds is 4. The zero-order valence-electron chi connectivity index (χ0n) is 15.3. The molecule has 1 aliphatic heterocycles. The number of hydrogen-bond donors (Lipinski definition) is 1. The Bertz CT molecular complexity index is 492. The molecule has 1 aromatic rings. The number of aromatic nitrogens is 2. The van der Waals surface area contributed by atoms with Crippen LogP contribution in [0.4, 0.5) is 5.95 Å². The summed E-state index contributed by atoms with van der Waals surface area (Å²) in [6.45, 7) is 11.6. The minimum absolute atomic E-state index is 0. The van der Waals surface area contributed by atoms with Crippen molar-refractivity contribution in [2.45, 2.75) is 33.6 Å². The first-order valence-corrected chi connectivity index (χ1v) is 8.47. The zero-order chi connectivity index (χ0) is 16.7. The van der Waals surface area contributed by atoms with Crippen LogP contribution in [0.25, 0.3) is 0 Å². The fourth-order valence-corrected chi connectivity index (χ4v) is 2.72. The first-order chi connectivity index (χ1) is 11.0. The monoisotopic (exact) mass is 446 g/mol. The highest BCUT2D eigenvalue weighted by Crippen LogP contribution is 2.19. The highest BCUT2D eigenvalue weighted by Gasteiger charge is 2.21. The standard InChI is InChI=1S/C17H30N6.HI/c1-17(2,3)7-5-8-19-15(18-4)22-11-13-23(14-12-22)16-20-9-6-10-21-16;/h6,9-10H,5,7-8,11-14H2,1-4H3,(H,18,19);1H. The van der Waals surface area contributed by atoms with Crippen molar-refractivity contribution in [2.24, 2.45) is 10.4 Å². The molecular weight excluding hydrogens is 415 g/mol. The summed E-state index contributed by atoms with van der Waals surface area (Å²) in [6, 6.07) is 1.85. The van der Waals surface area contributed by atoms with Crippen LogP contribution in [-0.2, 0) is 0 Å². The summed E-state index contributed by atoms with van der Waals surface area (Å²) >= 11 is 0. The molecule has 0 aliphatic carbocycles. The largest absolute Gasteiger partial charge is 0.356 e. The fraction of sp³-hybridized carbons (Fsp3) is 0.706. The number of anilines is 1. The van der Waals surface area contributed by atoms with Gasteiger partial charge < -0.3 is 15.1 Å². The van der Waals surface area contributed by atoms with Gasteiger partial charge in [-0.25, -0.2) is 9.97 Å². The van der Waals surface area contributed by atoms with Gasteiger partial charge in [0.2, 0.25) is 5.95 Å². The molecule has 1 aliphatic rings. The van der Waals surface area contributed by atoms with Crippen LogP contribution in [0.5, 0.6) is 0 Å². The molecule has 0 spiro atoms.